The number of methoxy groups -OCH3 is 1. The number of nitrogens with one attached hydrogen (secondary N) is 2. The third-order valence-corrected chi connectivity index (χ3v) is 7.12. The SMILES string of the molecule is COCCN(c1cnn(C)c1)S(=O)(=O)NC(=O)Nc1c2c(cc3c1CCC3)CCC2.[Na]. The van der Waals surface area contributed by atoms with Crippen LogP contribution in [-0.2, 0) is 47.7 Å². The summed E-state index contributed by atoms with van der Waals surface area (Å²) in [4.78, 5) is 12.8. The molecule has 31 heavy (non-hydrogen) atoms. The Labute approximate surface area is 205 Å². The normalized spacial score (nSPS) is 14.5. The van der Waals surface area contributed by atoms with Crippen molar-refractivity contribution in [3.8, 4) is 0 Å². The summed E-state index contributed by atoms with van der Waals surface area (Å²) in [5, 5.41) is 6.88. The molecule has 0 fully saturated rings. The second-order valence-corrected chi connectivity index (χ2v) is 9.33. The predicted octanol–water partition coefficient (Wildman–Crippen LogP) is 1.54. The van der Waals surface area contributed by atoms with Crippen molar-refractivity contribution >= 4 is 57.2 Å². The molecule has 0 saturated carbocycles. The molecule has 0 bridgehead atoms. The van der Waals surface area contributed by atoms with Gasteiger partial charge in [-0.25, -0.2) is 13.8 Å². The number of rotatable bonds is 7. The number of hydrogen-bond acceptors (Lipinski definition) is 5. The topological polar surface area (TPSA) is 106 Å². The van der Waals surface area contributed by atoms with E-state index in [1.807, 2.05) is 0 Å². The van der Waals surface area contributed by atoms with Gasteiger partial charge in [-0.3, -0.25) is 4.68 Å². The van der Waals surface area contributed by atoms with Crippen LogP contribution in [0.3, 0.4) is 0 Å². The van der Waals surface area contributed by atoms with Crippen molar-refractivity contribution in [1.29, 1.82) is 0 Å². The molecule has 2 amide bonds. The van der Waals surface area contributed by atoms with Crippen LogP contribution in [-0.4, -0.2) is 74.0 Å². The van der Waals surface area contributed by atoms with Gasteiger partial charge in [0.1, 0.15) is 0 Å². The van der Waals surface area contributed by atoms with Crippen molar-refractivity contribution in [2.45, 2.75) is 38.5 Å². The van der Waals surface area contributed by atoms with Gasteiger partial charge in [0.25, 0.3) is 0 Å². The van der Waals surface area contributed by atoms with Crippen molar-refractivity contribution in [2.24, 2.45) is 7.05 Å². The molecule has 0 atom stereocenters. The maximum Gasteiger partial charge on any atom is 0.334 e. The number of ether oxygens (including phenoxy) is 1. The zero-order valence-corrected chi connectivity index (χ0v) is 21.1. The minimum atomic E-state index is -4.14. The molecule has 2 aliphatic rings. The summed E-state index contributed by atoms with van der Waals surface area (Å²) < 4.78 is 35.7. The van der Waals surface area contributed by atoms with Gasteiger partial charge in [0, 0.05) is 55.6 Å². The van der Waals surface area contributed by atoms with Gasteiger partial charge in [0.05, 0.1) is 25.0 Å². The van der Waals surface area contributed by atoms with Gasteiger partial charge in [-0.2, -0.15) is 13.5 Å². The van der Waals surface area contributed by atoms with E-state index >= 15 is 0 Å². The van der Waals surface area contributed by atoms with E-state index in [0.717, 1.165) is 59.6 Å². The third-order valence-electron chi connectivity index (χ3n) is 5.70. The monoisotopic (exact) mass is 456 g/mol. The van der Waals surface area contributed by atoms with Crippen molar-refractivity contribution in [3.05, 3.63) is 40.7 Å². The van der Waals surface area contributed by atoms with Gasteiger partial charge in [0.2, 0.25) is 0 Å². The summed E-state index contributed by atoms with van der Waals surface area (Å²) in [6, 6.07) is 1.51. The summed E-state index contributed by atoms with van der Waals surface area (Å²) in [7, 11) is -0.957. The van der Waals surface area contributed by atoms with Crippen LogP contribution in [0.15, 0.2) is 18.5 Å². The number of aromatic nitrogens is 2. The fraction of sp³-hybridized carbons (Fsp3) is 0.500. The van der Waals surface area contributed by atoms with Gasteiger partial charge >= 0.3 is 16.2 Å². The third kappa shape index (κ3) is 5.09. The molecule has 2 aliphatic carbocycles. The Bertz CT molecular complexity index is 1040. The fourth-order valence-corrected chi connectivity index (χ4v) is 5.46. The second-order valence-electron chi connectivity index (χ2n) is 7.73. The summed E-state index contributed by atoms with van der Waals surface area (Å²) >= 11 is 0. The molecule has 0 spiro atoms. The van der Waals surface area contributed by atoms with E-state index in [1.54, 1.807) is 13.2 Å². The molecule has 2 aromatic rings. The maximum atomic E-state index is 13.0. The molecule has 1 heterocycles. The number of fused-ring (bicyclic) bond motifs is 2. The molecule has 1 aromatic carbocycles. The minimum Gasteiger partial charge on any atom is -0.383 e. The number of urea groups is 1. The predicted molar refractivity (Wildman–Crippen MR) is 120 cm³/mol. The molecule has 163 valence electrons. The van der Waals surface area contributed by atoms with Crippen LogP contribution >= 0.6 is 0 Å². The number of carbonyl (C=O) groups is 1. The van der Waals surface area contributed by atoms with Crippen LogP contribution in [0.25, 0.3) is 0 Å². The minimum absolute atomic E-state index is 0. The number of benzene rings is 1. The number of hydrogen-bond donors (Lipinski definition) is 2. The first-order valence-corrected chi connectivity index (χ1v) is 11.6. The van der Waals surface area contributed by atoms with E-state index in [2.05, 4.69) is 21.2 Å². The van der Waals surface area contributed by atoms with Crippen molar-refractivity contribution in [3.63, 3.8) is 0 Å². The molecule has 9 nitrogen and oxygen atoms in total. The quantitative estimate of drug-likeness (QED) is 0.615. The molecular weight excluding hydrogens is 429 g/mol. The van der Waals surface area contributed by atoms with E-state index in [9.17, 15) is 13.2 Å². The van der Waals surface area contributed by atoms with Crippen LogP contribution < -0.4 is 14.3 Å². The molecule has 1 aromatic heterocycles. The number of amides is 2. The van der Waals surface area contributed by atoms with Crippen LogP contribution in [0.5, 0.6) is 0 Å². The van der Waals surface area contributed by atoms with Crippen LogP contribution in [0.4, 0.5) is 16.2 Å². The zero-order valence-electron chi connectivity index (χ0n) is 18.3. The summed E-state index contributed by atoms with van der Waals surface area (Å²) in [5.41, 5.74) is 5.99. The second kappa shape index (κ2) is 9.91. The molecule has 1 radical (unpaired) electrons. The largest absolute Gasteiger partial charge is 0.383 e. The smallest absolute Gasteiger partial charge is 0.334 e. The van der Waals surface area contributed by atoms with Gasteiger partial charge < -0.3 is 10.1 Å². The molecule has 2 N–H and O–H groups in total. The Kier molecular flexibility index (Phi) is 7.69. The summed E-state index contributed by atoms with van der Waals surface area (Å²) in [6.45, 7) is 0.234. The average Bonchev–Trinajstić information content (AvgIpc) is 3.42. The molecule has 4 rings (SSSR count). The number of anilines is 2. The van der Waals surface area contributed by atoms with Crippen molar-refractivity contribution < 1.29 is 17.9 Å². The Morgan fingerprint density at radius 1 is 1.19 bits per heavy atom. The van der Waals surface area contributed by atoms with Crippen molar-refractivity contribution in [1.82, 2.24) is 14.5 Å². The van der Waals surface area contributed by atoms with E-state index in [1.165, 1.54) is 29.1 Å². The van der Waals surface area contributed by atoms with Gasteiger partial charge in [-0.15, -0.1) is 0 Å². The first-order chi connectivity index (χ1) is 14.4. The van der Waals surface area contributed by atoms with Gasteiger partial charge in [0.15, 0.2) is 0 Å². The summed E-state index contributed by atoms with van der Waals surface area (Å²) in [6.07, 6.45) is 8.93. The fourth-order valence-electron chi connectivity index (χ4n) is 4.38. The number of nitrogens with zero attached hydrogens (tertiary/aromatic N) is 3. The Hall–Kier alpha value is -1.59. The summed E-state index contributed by atoms with van der Waals surface area (Å²) in [5.74, 6) is 0. The number of carbonyl (C=O) groups excluding carboxylic acids is 1. The first-order valence-electron chi connectivity index (χ1n) is 10.1. The molecule has 0 aliphatic heterocycles. The van der Waals surface area contributed by atoms with E-state index < -0.39 is 16.2 Å². The Balaban J connectivity index is 0.00000272. The molecular formula is C20H27N5NaO4S. The molecule has 0 unspecified atom stereocenters. The molecule has 0 saturated heterocycles. The van der Waals surface area contributed by atoms with Crippen LogP contribution in [0.1, 0.15) is 35.1 Å². The van der Waals surface area contributed by atoms with E-state index in [0.29, 0.717) is 5.69 Å². The van der Waals surface area contributed by atoms with E-state index in [4.69, 9.17) is 4.74 Å². The van der Waals surface area contributed by atoms with Gasteiger partial charge in [-0.05, 0) is 60.8 Å². The Morgan fingerprint density at radius 3 is 2.39 bits per heavy atom. The standard InChI is InChI=1S/C20H27N5O4S.Na/c1-24-13-16(12-21-24)25(9-10-29-2)30(27,28)23-20(26)22-19-17-7-3-5-14(17)11-15-6-4-8-18(15)19;/h11-13H,3-10H2,1-2H3,(H2,22,23,26);. The average molecular weight is 457 g/mol. The first kappa shape index (κ1) is 24.1. The van der Waals surface area contributed by atoms with Crippen LogP contribution in [0.2, 0.25) is 0 Å². The maximum absolute atomic E-state index is 13.0. The number of aryl methyl sites for hydroxylation is 3. The van der Waals surface area contributed by atoms with Gasteiger partial charge in [-0.1, -0.05) is 6.07 Å². The molecule has 11 heteroatoms. The zero-order chi connectivity index (χ0) is 21.3. The van der Waals surface area contributed by atoms with E-state index in [-0.39, 0.29) is 42.7 Å². The van der Waals surface area contributed by atoms with Crippen molar-refractivity contribution in [2.75, 3.05) is 29.9 Å². The van der Waals surface area contributed by atoms with Crippen LogP contribution in [0, 0.1) is 0 Å². The Morgan fingerprint density at radius 2 is 1.84 bits per heavy atom.